The number of amides is 1. The number of hydrogen-bond donors (Lipinski definition) is 0. The number of carbonyl (C=O) groups is 1. The van der Waals surface area contributed by atoms with Gasteiger partial charge in [-0.3, -0.25) is 4.79 Å². The predicted octanol–water partition coefficient (Wildman–Crippen LogP) is 2.03. The lowest BCUT2D eigenvalue weighted by Gasteiger charge is -2.35. The van der Waals surface area contributed by atoms with Gasteiger partial charge in [-0.15, -0.1) is 0 Å². The molecule has 2 aromatic heterocycles. The second-order valence-corrected chi connectivity index (χ2v) is 5.64. The highest BCUT2D eigenvalue weighted by atomic mass is 32.1. The molecule has 0 radical (unpaired) electrons. The van der Waals surface area contributed by atoms with Gasteiger partial charge in [0.2, 0.25) is 5.91 Å². The molecule has 5 heteroatoms. The molecule has 1 amide bonds. The van der Waals surface area contributed by atoms with Gasteiger partial charge in [0.05, 0.1) is 6.42 Å². The van der Waals surface area contributed by atoms with Gasteiger partial charge in [0.15, 0.2) is 0 Å². The molecule has 0 aromatic carbocycles. The van der Waals surface area contributed by atoms with E-state index in [9.17, 15) is 4.79 Å². The van der Waals surface area contributed by atoms with Crippen molar-refractivity contribution in [1.82, 2.24) is 9.88 Å². The van der Waals surface area contributed by atoms with Crippen molar-refractivity contribution in [2.75, 3.05) is 31.1 Å². The molecule has 20 heavy (non-hydrogen) atoms. The van der Waals surface area contributed by atoms with E-state index in [2.05, 4.69) is 9.88 Å². The Morgan fingerprint density at radius 1 is 1.20 bits per heavy atom. The van der Waals surface area contributed by atoms with Crippen molar-refractivity contribution in [1.29, 1.82) is 0 Å². The molecule has 2 aromatic rings. The van der Waals surface area contributed by atoms with Crippen LogP contribution in [-0.2, 0) is 11.2 Å². The molecule has 1 aliphatic rings. The van der Waals surface area contributed by atoms with E-state index in [1.807, 2.05) is 46.1 Å². The fourth-order valence-electron chi connectivity index (χ4n) is 2.41. The van der Waals surface area contributed by atoms with Crippen LogP contribution < -0.4 is 4.90 Å². The molecule has 1 aliphatic heterocycles. The van der Waals surface area contributed by atoms with Crippen molar-refractivity contribution in [3.05, 3.63) is 46.8 Å². The third kappa shape index (κ3) is 2.99. The van der Waals surface area contributed by atoms with E-state index in [1.54, 1.807) is 11.3 Å². The number of pyridine rings is 1. The summed E-state index contributed by atoms with van der Waals surface area (Å²) in [5.74, 6) is 1.22. The maximum atomic E-state index is 12.2. The zero-order valence-electron chi connectivity index (χ0n) is 11.2. The number of nitrogens with zero attached hydrogens (tertiary/aromatic N) is 3. The van der Waals surface area contributed by atoms with Crippen molar-refractivity contribution in [3.8, 4) is 0 Å². The summed E-state index contributed by atoms with van der Waals surface area (Å²) in [6.45, 7) is 3.26. The van der Waals surface area contributed by atoms with Crippen LogP contribution in [0.5, 0.6) is 0 Å². The highest BCUT2D eigenvalue weighted by Gasteiger charge is 2.21. The molecule has 0 bridgehead atoms. The Hall–Kier alpha value is -1.88. The number of anilines is 1. The van der Waals surface area contributed by atoms with Gasteiger partial charge in [0, 0.05) is 32.4 Å². The second-order valence-electron chi connectivity index (χ2n) is 4.86. The molecule has 1 saturated heterocycles. The molecule has 4 nitrogen and oxygen atoms in total. The summed E-state index contributed by atoms with van der Waals surface area (Å²) >= 11 is 1.64. The standard InChI is InChI=1S/C15H17N3OS/c19-15(11-13-4-10-20-12-13)18-8-6-17(7-9-18)14-3-1-2-5-16-14/h1-5,10,12H,6-9,11H2. The Balaban J connectivity index is 1.54. The van der Waals surface area contributed by atoms with Gasteiger partial charge in [0.25, 0.3) is 0 Å². The summed E-state index contributed by atoms with van der Waals surface area (Å²) in [5, 5.41) is 4.06. The van der Waals surface area contributed by atoms with E-state index >= 15 is 0 Å². The molecule has 0 saturated carbocycles. The van der Waals surface area contributed by atoms with Gasteiger partial charge in [-0.05, 0) is 34.5 Å². The van der Waals surface area contributed by atoms with Gasteiger partial charge in [-0.1, -0.05) is 6.07 Å². The van der Waals surface area contributed by atoms with Crippen LogP contribution in [0.15, 0.2) is 41.2 Å². The lowest BCUT2D eigenvalue weighted by Crippen LogP contribution is -2.49. The minimum absolute atomic E-state index is 0.226. The van der Waals surface area contributed by atoms with Gasteiger partial charge >= 0.3 is 0 Å². The van der Waals surface area contributed by atoms with Crippen LogP contribution in [0.4, 0.5) is 5.82 Å². The highest BCUT2D eigenvalue weighted by Crippen LogP contribution is 2.14. The van der Waals surface area contributed by atoms with Crippen LogP contribution >= 0.6 is 11.3 Å². The fraction of sp³-hybridized carbons (Fsp3) is 0.333. The zero-order valence-corrected chi connectivity index (χ0v) is 12.1. The lowest BCUT2D eigenvalue weighted by atomic mass is 10.2. The summed E-state index contributed by atoms with van der Waals surface area (Å²) < 4.78 is 0. The minimum Gasteiger partial charge on any atom is -0.353 e. The van der Waals surface area contributed by atoms with E-state index in [-0.39, 0.29) is 5.91 Å². The first-order chi connectivity index (χ1) is 9.83. The molecule has 0 unspecified atom stereocenters. The monoisotopic (exact) mass is 287 g/mol. The molecule has 0 atom stereocenters. The first-order valence-corrected chi connectivity index (χ1v) is 7.72. The molecule has 1 fully saturated rings. The Labute approximate surface area is 122 Å². The van der Waals surface area contributed by atoms with Gasteiger partial charge in [-0.25, -0.2) is 4.98 Å². The van der Waals surface area contributed by atoms with Gasteiger partial charge in [0.1, 0.15) is 5.82 Å². The summed E-state index contributed by atoms with van der Waals surface area (Å²) in [6.07, 6.45) is 2.33. The smallest absolute Gasteiger partial charge is 0.227 e. The van der Waals surface area contributed by atoms with Crippen molar-refractivity contribution >= 4 is 23.1 Å². The van der Waals surface area contributed by atoms with Crippen LogP contribution in [0.1, 0.15) is 5.56 Å². The largest absolute Gasteiger partial charge is 0.353 e. The number of piperazine rings is 1. The Morgan fingerprint density at radius 3 is 2.70 bits per heavy atom. The summed E-state index contributed by atoms with van der Waals surface area (Å²) in [5.41, 5.74) is 1.12. The maximum absolute atomic E-state index is 12.2. The summed E-state index contributed by atoms with van der Waals surface area (Å²) in [4.78, 5) is 20.7. The quantitative estimate of drug-likeness (QED) is 0.867. The first kappa shape index (κ1) is 13.1. The minimum atomic E-state index is 0.226. The fourth-order valence-corrected chi connectivity index (χ4v) is 3.07. The molecule has 3 heterocycles. The Bertz CT molecular complexity index is 548. The molecule has 0 aliphatic carbocycles. The average molecular weight is 287 g/mol. The van der Waals surface area contributed by atoms with E-state index in [0.29, 0.717) is 6.42 Å². The van der Waals surface area contributed by atoms with E-state index in [1.165, 1.54) is 0 Å². The van der Waals surface area contributed by atoms with Gasteiger partial charge in [-0.2, -0.15) is 11.3 Å². The van der Waals surface area contributed by atoms with Crippen molar-refractivity contribution < 1.29 is 4.79 Å². The average Bonchev–Trinajstić information content (AvgIpc) is 3.01. The third-order valence-corrected chi connectivity index (χ3v) is 4.27. The molecule has 0 N–H and O–H groups in total. The molecule has 0 spiro atoms. The molecule has 104 valence electrons. The van der Waals surface area contributed by atoms with Crippen molar-refractivity contribution in [2.24, 2.45) is 0 Å². The van der Waals surface area contributed by atoms with Crippen LogP contribution in [0, 0.1) is 0 Å². The summed E-state index contributed by atoms with van der Waals surface area (Å²) in [7, 11) is 0. The third-order valence-electron chi connectivity index (χ3n) is 3.54. The normalized spacial score (nSPS) is 15.4. The van der Waals surface area contributed by atoms with Crippen LogP contribution in [-0.4, -0.2) is 42.0 Å². The molecule has 3 rings (SSSR count). The van der Waals surface area contributed by atoms with Crippen LogP contribution in [0.3, 0.4) is 0 Å². The number of thiophene rings is 1. The highest BCUT2D eigenvalue weighted by molar-refractivity contribution is 7.07. The second kappa shape index (κ2) is 6.05. The number of aromatic nitrogens is 1. The first-order valence-electron chi connectivity index (χ1n) is 6.78. The van der Waals surface area contributed by atoms with Crippen molar-refractivity contribution in [3.63, 3.8) is 0 Å². The van der Waals surface area contributed by atoms with E-state index in [0.717, 1.165) is 37.6 Å². The van der Waals surface area contributed by atoms with Crippen LogP contribution in [0.2, 0.25) is 0 Å². The van der Waals surface area contributed by atoms with Crippen LogP contribution in [0.25, 0.3) is 0 Å². The number of hydrogen-bond acceptors (Lipinski definition) is 4. The molecular weight excluding hydrogens is 270 g/mol. The summed E-state index contributed by atoms with van der Waals surface area (Å²) in [6, 6.07) is 7.95. The predicted molar refractivity (Wildman–Crippen MR) is 81.1 cm³/mol. The van der Waals surface area contributed by atoms with Crippen molar-refractivity contribution in [2.45, 2.75) is 6.42 Å². The number of carbonyl (C=O) groups excluding carboxylic acids is 1. The SMILES string of the molecule is O=C(Cc1ccsc1)N1CCN(c2ccccn2)CC1. The van der Waals surface area contributed by atoms with Gasteiger partial charge < -0.3 is 9.80 Å². The lowest BCUT2D eigenvalue weighted by molar-refractivity contribution is -0.130. The van der Waals surface area contributed by atoms with E-state index < -0.39 is 0 Å². The Kier molecular flexibility index (Phi) is 3.97. The Morgan fingerprint density at radius 2 is 2.05 bits per heavy atom. The number of rotatable bonds is 3. The molecular formula is C15H17N3OS. The van der Waals surface area contributed by atoms with E-state index in [4.69, 9.17) is 0 Å². The maximum Gasteiger partial charge on any atom is 0.227 e. The topological polar surface area (TPSA) is 36.4 Å². The zero-order chi connectivity index (χ0) is 13.8.